The maximum Gasteiger partial charge on any atom is 2.00 e. The normalized spacial score (nSPS) is 12.2. The molecule has 0 aliphatic carbocycles. The van der Waals surface area contributed by atoms with E-state index < -0.39 is 23.9 Å². The van der Waals surface area contributed by atoms with Crippen LogP contribution in [0.4, 0.5) is 0 Å². The third-order valence-corrected chi connectivity index (χ3v) is 16.2. The van der Waals surface area contributed by atoms with Crippen LogP contribution in [0, 0.1) is 0 Å². The molecule has 0 aromatic rings. The molecule has 0 saturated heterocycles. The van der Waals surface area contributed by atoms with Crippen LogP contribution in [0.15, 0.2) is 0 Å². The predicted octanol–water partition coefficient (Wildman–Crippen LogP) is 15.1. The summed E-state index contributed by atoms with van der Waals surface area (Å²) in [7, 11) is 0. The van der Waals surface area contributed by atoms with E-state index in [1.54, 1.807) is 0 Å². The van der Waals surface area contributed by atoms with Crippen molar-refractivity contribution in [1.82, 2.24) is 0 Å². The van der Waals surface area contributed by atoms with E-state index in [4.69, 9.17) is 0 Å². The van der Waals surface area contributed by atoms with Crippen LogP contribution in [-0.2, 0) is 19.2 Å². The van der Waals surface area contributed by atoms with Crippen LogP contribution in [-0.4, -0.2) is 144 Å². The van der Waals surface area contributed by atoms with Crippen LogP contribution >= 0.6 is 0 Å². The number of hydrogen-bond donors (Lipinski definition) is 4. The van der Waals surface area contributed by atoms with Gasteiger partial charge in [-0.3, -0.25) is 0 Å². The molecule has 0 saturated carbocycles. The number of unbranched alkanes of at least 4 members (excludes halogenated alkanes) is 40. The monoisotopic (exact) mass is 1280 g/mol. The first kappa shape index (κ1) is 97.3. The maximum absolute atomic E-state index is 10.2. The summed E-state index contributed by atoms with van der Waals surface area (Å²) in [6, 6.07) is 0. The zero-order valence-electron chi connectivity index (χ0n) is 57.2. The first-order chi connectivity index (χ1) is 40.7. The molecule has 0 rings (SSSR count). The summed E-state index contributed by atoms with van der Waals surface area (Å²) < 4.78 is 0. The van der Waals surface area contributed by atoms with Crippen LogP contribution in [0.3, 0.4) is 0 Å². The van der Waals surface area contributed by atoms with Gasteiger partial charge < -0.3 is 60.0 Å². The molecule has 0 aromatic carbocycles. The Morgan fingerprint density at radius 3 is 0.430 bits per heavy atom. The molecule has 0 amide bonds. The SMILES string of the molecule is CCCCCCC(O)CCCCCCCCCCC(=O)[O-].CCCCCCC(O)CCCCCCCCCCC(=O)[O-].CCCCCCC(O)CCCCCCCCCCC(=O)[O-].CCCCCCC(O)CCCCCCCCCCC(=O)[O-].[Ca+2].[Ca+2]. The summed E-state index contributed by atoms with van der Waals surface area (Å²) in [5.74, 6) is -3.71. The number of aliphatic carboxylic acids is 4. The number of carbonyl (C=O) groups is 4. The molecule has 0 aliphatic rings. The van der Waals surface area contributed by atoms with Crippen LogP contribution in [0.5, 0.6) is 0 Å². The quantitative estimate of drug-likeness (QED) is 0.0328. The first-order valence-corrected chi connectivity index (χ1v) is 36.2. The molecular weight excluding hydrogens is 1140 g/mol. The smallest absolute Gasteiger partial charge is 0.550 e. The van der Waals surface area contributed by atoms with Crippen LogP contribution in [0.2, 0.25) is 0 Å². The number of hydrogen-bond acceptors (Lipinski definition) is 12. The number of aliphatic hydroxyl groups is 4. The van der Waals surface area contributed by atoms with E-state index in [9.17, 15) is 60.0 Å². The fourth-order valence-electron chi connectivity index (χ4n) is 10.6. The molecule has 86 heavy (non-hydrogen) atoms. The maximum atomic E-state index is 10.2. The standard InChI is InChI=1S/4C18H36O3.2Ca/c4*1-2-3-4-11-14-17(19)15-12-9-7-5-6-8-10-13-16-18(20)21;;/h4*17,19H,2-16H2,1H3,(H,20,21);;/q;;;;2*+2/p-4. The van der Waals surface area contributed by atoms with Gasteiger partial charge in [0.15, 0.2) is 0 Å². The van der Waals surface area contributed by atoms with Crippen molar-refractivity contribution in [2.24, 2.45) is 0 Å². The van der Waals surface area contributed by atoms with Crippen molar-refractivity contribution in [2.75, 3.05) is 0 Å². The average molecular weight is 1280 g/mol. The Morgan fingerprint density at radius 1 is 0.209 bits per heavy atom. The number of rotatable bonds is 64. The first-order valence-electron chi connectivity index (χ1n) is 36.2. The van der Waals surface area contributed by atoms with E-state index in [1.807, 2.05) is 0 Å². The zero-order valence-corrected chi connectivity index (χ0v) is 61.6. The van der Waals surface area contributed by atoms with Crippen LogP contribution in [0.25, 0.3) is 0 Å². The van der Waals surface area contributed by atoms with E-state index >= 15 is 0 Å². The van der Waals surface area contributed by atoms with Crippen molar-refractivity contribution in [1.29, 1.82) is 0 Å². The molecule has 4 atom stereocenters. The molecule has 0 spiro atoms. The van der Waals surface area contributed by atoms with Crippen molar-refractivity contribution in [3.63, 3.8) is 0 Å². The summed E-state index contributed by atoms with van der Waals surface area (Å²) >= 11 is 0. The summed E-state index contributed by atoms with van der Waals surface area (Å²) in [5.41, 5.74) is 0. The minimum Gasteiger partial charge on any atom is -0.550 e. The van der Waals surface area contributed by atoms with Gasteiger partial charge in [-0.15, -0.1) is 0 Å². The molecule has 0 heterocycles. The van der Waals surface area contributed by atoms with E-state index in [0.29, 0.717) is 0 Å². The van der Waals surface area contributed by atoms with Gasteiger partial charge in [0.1, 0.15) is 0 Å². The molecule has 0 fully saturated rings. The molecule has 504 valence electrons. The Balaban J connectivity index is -0.000000246. The van der Waals surface area contributed by atoms with Gasteiger partial charge in [0.2, 0.25) is 0 Å². The van der Waals surface area contributed by atoms with Crippen molar-refractivity contribution < 1.29 is 60.0 Å². The molecule has 0 bridgehead atoms. The van der Waals surface area contributed by atoms with Gasteiger partial charge in [-0.1, -0.05) is 310 Å². The molecular formula is C72H140Ca2O12. The summed E-state index contributed by atoms with van der Waals surface area (Å²) in [6.45, 7) is 8.83. The fraction of sp³-hybridized carbons (Fsp3) is 0.944. The van der Waals surface area contributed by atoms with Gasteiger partial charge in [0, 0.05) is 23.9 Å². The summed E-state index contributed by atoms with van der Waals surface area (Å²) in [5, 5.41) is 80.3. The summed E-state index contributed by atoms with van der Waals surface area (Å²) in [6.07, 6.45) is 63.7. The molecule has 4 N–H and O–H groups in total. The van der Waals surface area contributed by atoms with Crippen molar-refractivity contribution in [3.05, 3.63) is 0 Å². The second-order valence-electron chi connectivity index (χ2n) is 25.0. The van der Waals surface area contributed by atoms with Gasteiger partial charge >= 0.3 is 75.5 Å². The van der Waals surface area contributed by atoms with E-state index in [2.05, 4.69) is 27.7 Å². The third kappa shape index (κ3) is 100. The molecule has 0 aliphatic heterocycles. The Labute approximate surface area is 591 Å². The Bertz CT molecular complexity index is 1120. The van der Waals surface area contributed by atoms with Crippen molar-refractivity contribution in [3.8, 4) is 0 Å². The third-order valence-electron chi connectivity index (χ3n) is 16.2. The van der Waals surface area contributed by atoms with Gasteiger partial charge in [-0.2, -0.15) is 0 Å². The van der Waals surface area contributed by atoms with Gasteiger partial charge in [0.05, 0.1) is 24.4 Å². The average Bonchev–Trinajstić information content (AvgIpc) is 3.45. The Morgan fingerprint density at radius 2 is 0.314 bits per heavy atom. The van der Waals surface area contributed by atoms with Gasteiger partial charge in [-0.25, -0.2) is 0 Å². The number of carboxylic acid groups (broad SMARTS) is 4. The summed E-state index contributed by atoms with van der Waals surface area (Å²) in [4.78, 5) is 40.9. The van der Waals surface area contributed by atoms with Gasteiger partial charge in [0.25, 0.3) is 0 Å². The van der Waals surface area contributed by atoms with Crippen LogP contribution in [0.1, 0.15) is 413 Å². The molecule has 12 nitrogen and oxygen atoms in total. The largest absolute Gasteiger partial charge is 2.00 e. The topological polar surface area (TPSA) is 241 Å². The van der Waals surface area contributed by atoms with Gasteiger partial charge in [-0.05, 0) is 103 Å². The Hall–Kier alpha value is 0.239. The number of carboxylic acids is 4. The van der Waals surface area contributed by atoms with E-state index in [1.165, 1.54) is 205 Å². The minimum absolute atomic E-state index is 0. The minimum atomic E-state index is -0.928. The Kier molecular flexibility index (Phi) is 96.5. The fourth-order valence-corrected chi connectivity index (χ4v) is 10.6. The molecule has 0 aromatic heterocycles. The molecule has 0 radical (unpaired) electrons. The van der Waals surface area contributed by atoms with E-state index in [-0.39, 0.29) is 126 Å². The second-order valence-corrected chi connectivity index (χ2v) is 25.0. The number of carbonyl (C=O) groups excluding carboxylic acids is 4. The van der Waals surface area contributed by atoms with Crippen molar-refractivity contribution in [2.45, 2.75) is 437 Å². The second kappa shape index (κ2) is 85.2. The van der Waals surface area contributed by atoms with Crippen molar-refractivity contribution >= 4 is 99.4 Å². The molecule has 14 heteroatoms. The predicted molar refractivity (Wildman–Crippen MR) is 355 cm³/mol. The molecule has 4 unspecified atom stereocenters. The number of aliphatic hydroxyl groups excluding tert-OH is 4. The zero-order chi connectivity index (χ0) is 63.0. The van der Waals surface area contributed by atoms with E-state index in [0.717, 1.165) is 154 Å². The van der Waals surface area contributed by atoms with Crippen LogP contribution < -0.4 is 20.4 Å².